The van der Waals surface area contributed by atoms with Gasteiger partial charge in [-0.05, 0) is 49.2 Å². The van der Waals surface area contributed by atoms with Gasteiger partial charge in [0.2, 0.25) is 0 Å². The minimum atomic E-state index is -0.740. The van der Waals surface area contributed by atoms with Crippen molar-refractivity contribution in [2.24, 2.45) is 5.41 Å². The van der Waals surface area contributed by atoms with E-state index in [1.54, 1.807) is 25.2 Å². The summed E-state index contributed by atoms with van der Waals surface area (Å²) in [6, 6.07) is 8.35. The first-order valence-electron chi connectivity index (χ1n) is 6.40. The molecule has 2 rings (SSSR count). The molecule has 0 unspecified atom stereocenters. The van der Waals surface area contributed by atoms with Gasteiger partial charge in [0.05, 0.1) is 5.41 Å². The van der Waals surface area contributed by atoms with Crippen LogP contribution in [0, 0.1) is 5.41 Å². The van der Waals surface area contributed by atoms with Gasteiger partial charge in [-0.15, -0.1) is 11.3 Å². The van der Waals surface area contributed by atoms with Gasteiger partial charge in [-0.2, -0.15) is 0 Å². The Kier molecular flexibility index (Phi) is 4.22. The summed E-state index contributed by atoms with van der Waals surface area (Å²) < 4.78 is 1.30. The minimum absolute atomic E-state index is 0.629. The number of nitrogens with one attached hydrogen (secondary N) is 1. The van der Waals surface area contributed by atoms with E-state index in [0.29, 0.717) is 13.0 Å². The highest BCUT2D eigenvalue weighted by molar-refractivity contribution is 7.17. The van der Waals surface area contributed by atoms with Crippen LogP contribution < -0.4 is 5.32 Å². The molecule has 3 nitrogen and oxygen atoms in total. The predicted molar refractivity (Wildman–Crippen MR) is 79.6 cm³/mol. The van der Waals surface area contributed by atoms with Crippen LogP contribution in [0.2, 0.25) is 0 Å². The van der Waals surface area contributed by atoms with Gasteiger partial charge in [0.15, 0.2) is 0 Å². The Hall–Kier alpha value is -1.39. The van der Waals surface area contributed by atoms with E-state index in [9.17, 15) is 4.79 Å². The maximum absolute atomic E-state index is 11.0. The number of thiophene rings is 1. The second-order valence-electron chi connectivity index (χ2n) is 5.37. The van der Waals surface area contributed by atoms with E-state index in [4.69, 9.17) is 5.11 Å². The molecule has 2 N–H and O–H groups in total. The largest absolute Gasteiger partial charge is 0.481 e. The number of hydrogen-bond donors (Lipinski definition) is 2. The smallest absolute Gasteiger partial charge is 0.309 e. The van der Waals surface area contributed by atoms with Gasteiger partial charge >= 0.3 is 5.97 Å². The van der Waals surface area contributed by atoms with Crippen LogP contribution >= 0.6 is 11.3 Å². The van der Waals surface area contributed by atoms with E-state index < -0.39 is 11.4 Å². The van der Waals surface area contributed by atoms with Gasteiger partial charge in [0.1, 0.15) is 0 Å². The van der Waals surface area contributed by atoms with Crippen molar-refractivity contribution < 1.29 is 9.90 Å². The van der Waals surface area contributed by atoms with E-state index in [-0.39, 0.29) is 0 Å². The summed E-state index contributed by atoms with van der Waals surface area (Å²) in [6.45, 7) is 5.02. The van der Waals surface area contributed by atoms with E-state index in [1.807, 2.05) is 12.1 Å². The van der Waals surface area contributed by atoms with Crippen molar-refractivity contribution in [2.45, 2.75) is 26.8 Å². The molecule has 0 aliphatic carbocycles. The third kappa shape index (κ3) is 3.33. The van der Waals surface area contributed by atoms with Gasteiger partial charge in [-0.1, -0.05) is 18.2 Å². The van der Waals surface area contributed by atoms with E-state index in [0.717, 1.165) is 6.54 Å². The lowest BCUT2D eigenvalue weighted by molar-refractivity contribution is -0.147. The Morgan fingerprint density at radius 3 is 2.84 bits per heavy atom. The molecular formula is C15H19NO2S. The Labute approximate surface area is 117 Å². The first-order valence-corrected chi connectivity index (χ1v) is 7.28. The lowest BCUT2D eigenvalue weighted by Crippen LogP contribution is -2.28. The number of carbonyl (C=O) groups is 1. The summed E-state index contributed by atoms with van der Waals surface area (Å²) >= 11 is 1.75. The second kappa shape index (κ2) is 5.72. The molecule has 0 spiro atoms. The standard InChI is InChI=1S/C15H19NO2S/c1-15(2,14(17)18)7-8-16-9-11-10-19-13-6-4-3-5-12(11)13/h3-6,10,16H,7-9H2,1-2H3,(H,17,18). The average molecular weight is 277 g/mol. The van der Waals surface area contributed by atoms with Crippen LogP contribution in [0.15, 0.2) is 29.6 Å². The molecule has 0 radical (unpaired) electrons. The number of fused-ring (bicyclic) bond motifs is 1. The summed E-state index contributed by atoms with van der Waals surface area (Å²) in [5.41, 5.74) is 0.623. The van der Waals surface area contributed by atoms with Crippen LogP contribution in [-0.2, 0) is 11.3 Å². The highest BCUT2D eigenvalue weighted by atomic mass is 32.1. The monoisotopic (exact) mass is 277 g/mol. The molecule has 4 heteroatoms. The summed E-state index contributed by atoms with van der Waals surface area (Å²) in [6.07, 6.45) is 0.629. The average Bonchev–Trinajstić information content (AvgIpc) is 2.78. The fourth-order valence-electron chi connectivity index (χ4n) is 1.90. The molecule has 0 amide bonds. The molecule has 1 heterocycles. The fourth-order valence-corrected chi connectivity index (χ4v) is 2.86. The molecule has 102 valence electrons. The Balaban J connectivity index is 1.88. The quantitative estimate of drug-likeness (QED) is 0.795. The first-order chi connectivity index (χ1) is 9.00. The van der Waals surface area contributed by atoms with Crippen molar-refractivity contribution in [1.82, 2.24) is 5.32 Å². The van der Waals surface area contributed by atoms with Crippen LogP contribution in [-0.4, -0.2) is 17.6 Å². The third-order valence-corrected chi connectivity index (χ3v) is 4.39. The summed E-state index contributed by atoms with van der Waals surface area (Å²) in [5, 5.41) is 15.8. The minimum Gasteiger partial charge on any atom is -0.481 e. The Bertz CT molecular complexity index is 574. The fraction of sp³-hybridized carbons (Fsp3) is 0.400. The molecule has 0 bridgehead atoms. The zero-order valence-corrected chi connectivity index (χ0v) is 12.1. The van der Waals surface area contributed by atoms with Gasteiger partial charge in [-0.25, -0.2) is 0 Å². The second-order valence-corrected chi connectivity index (χ2v) is 6.28. The zero-order chi connectivity index (χ0) is 13.9. The third-order valence-electron chi connectivity index (χ3n) is 3.38. The number of carboxylic acids is 1. The SMILES string of the molecule is CC(C)(CCNCc1csc2ccccc12)C(=O)O. The van der Waals surface area contributed by atoms with E-state index in [1.165, 1.54) is 15.6 Å². The van der Waals surface area contributed by atoms with Crippen molar-refractivity contribution >= 4 is 27.4 Å². The number of benzene rings is 1. The van der Waals surface area contributed by atoms with Crippen molar-refractivity contribution in [2.75, 3.05) is 6.54 Å². The van der Waals surface area contributed by atoms with E-state index >= 15 is 0 Å². The number of hydrogen-bond acceptors (Lipinski definition) is 3. The Morgan fingerprint density at radius 1 is 1.37 bits per heavy atom. The van der Waals surface area contributed by atoms with Gasteiger partial charge in [0, 0.05) is 11.2 Å². The number of aliphatic carboxylic acids is 1. The highest BCUT2D eigenvalue weighted by Crippen LogP contribution is 2.25. The first kappa shape index (κ1) is 14.0. The lowest BCUT2D eigenvalue weighted by Gasteiger charge is -2.18. The molecule has 1 aromatic heterocycles. The van der Waals surface area contributed by atoms with Gasteiger partial charge in [0.25, 0.3) is 0 Å². The maximum Gasteiger partial charge on any atom is 0.309 e. The molecule has 0 aliphatic rings. The molecule has 0 fully saturated rings. The summed E-state index contributed by atoms with van der Waals surface area (Å²) in [5.74, 6) is -0.740. The molecule has 2 aromatic rings. The number of carboxylic acid groups (broad SMARTS) is 1. The number of rotatable bonds is 6. The molecule has 0 aliphatic heterocycles. The molecule has 1 aromatic carbocycles. The highest BCUT2D eigenvalue weighted by Gasteiger charge is 2.26. The normalized spacial score (nSPS) is 11.9. The van der Waals surface area contributed by atoms with Crippen LogP contribution in [0.5, 0.6) is 0 Å². The van der Waals surface area contributed by atoms with Crippen molar-refractivity contribution in [3.05, 3.63) is 35.2 Å². The van der Waals surface area contributed by atoms with Crippen LogP contribution in [0.25, 0.3) is 10.1 Å². The molecule has 19 heavy (non-hydrogen) atoms. The Morgan fingerprint density at radius 2 is 2.11 bits per heavy atom. The van der Waals surface area contributed by atoms with Crippen molar-refractivity contribution in [3.8, 4) is 0 Å². The van der Waals surface area contributed by atoms with Crippen molar-refractivity contribution in [1.29, 1.82) is 0 Å². The predicted octanol–water partition coefficient (Wildman–Crippen LogP) is 3.49. The maximum atomic E-state index is 11.0. The van der Waals surface area contributed by atoms with Crippen LogP contribution in [0.3, 0.4) is 0 Å². The zero-order valence-electron chi connectivity index (χ0n) is 11.3. The molecule has 0 saturated heterocycles. The molecular weight excluding hydrogens is 258 g/mol. The van der Waals surface area contributed by atoms with Crippen LogP contribution in [0.1, 0.15) is 25.8 Å². The lowest BCUT2D eigenvalue weighted by atomic mass is 9.90. The van der Waals surface area contributed by atoms with Gasteiger partial charge in [-0.3, -0.25) is 4.79 Å². The van der Waals surface area contributed by atoms with Crippen LogP contribution in [0.4, 0.5) is 0 Å². The molecule has 0 atom stereocenters. The summed E-state index contributed by atoms with van der Waals surface area (Å²) in [7, 11) is 0. The van der Waals surface area contributed by atoms with E-state index in [2.05, 4.69) is 22.8 Å². The topological polar surface area (TPSA) is 49.3 Å². The van der Waals surface area contributed by atoms with Gasteiger partial charge < -0.3 is 10.4 Å². The summed E-state index contributed by atoms with van der Waals surface area (Å²) in [4.78, 5) is 11.0. The van der Waals surface area contributed by atoms with Crippen molar-refractivity contribution in [3.63, 3.8) is 0 Å². The molecule has 0 saturated carbocycles.